The zero-order valence-corrected chi connectivity index (χ0v) is 11.8. The minimum atomic E-state index is -0.767. The van der Waals surface area contributed by atoms with Crippen molar-refractivity contribution >= 4 is 12.0 Å². The van der Waals surface area contributed by atoms with E-state index in [2.05, 4.69) is 0 Å². The molecule has 0 bridgehead atoms. The summed E-state index contributed by atoms with van der Waals surface area (Å²) in [5.41, 5.74) is 0. The fraction of sp³-hybridized carbons (Fsp3) is 0.571. The molecule has 2 heterocycles. The third-order valence-corrected chi connectivity index (χ3v) is 3.63. The highest BCUT2D eigenvalue weighted by atomic mass is 16.4. The van der Waals surface area contributed by atoms with Gasteiger partial charge in [-0.1, -0.05) is 0 Å². The Morgan fingerprint density at radius 3 is 2.55 bits per heavy atom. The predicted octanol–water partition coefficient (Wildman–Crippen LogP) is 1.94. The number of aliphatic carboxylic acids is 1. The Kier molecular flexibility index (Phi) is 4.32. The van der Waals surface area contributed by atoms with Crippen LogP contribution in [0.5, 0.6) is 0 Å². The summed E-state index contributed by atoms with van der Waals surface area (Å²) < 4.78 is 5.45. The Labute approximate surface area is 118 Å². The molecule has 1 aliphatic heterocycles. The maximum Gasteiger partial charge on any atom is 0.320 e. The molecule has 0 unspecified atom stereocenters. The summed E-state index contributed by atoms with van der Waals surface area (Å²) in [6, 6.07) is 3.64. The van der Waals surface area contributed by atoms with Gasteiger partial charge in [-0.05, 0) is 31.9 Å². The molecule has 1 aromatic rings. The van der Waals surface area contributed by atoms with Gasteiger partial charge in [0, 0.05) is 20.1 Å². The predicted molar refractivity (Wildman–Crippen MR) is 72.2 cm³/mol. The van der Waals surface area contributed by atoms with E-state index in [1.54, 1.807) is 16.8 Å². The number of hydrogen-bond acceptors (Lipinski definition) is 3. The number of aryl methyl sites for hydroxylation is 1. The number of rotatable bonds is 3. The van der Waals surface area contributed by atoms with E-state index in [1.165, 1.54) is 0 Å². The molecule has 2 amide bonds. The van der Waals surface area contributed by atoms with Crippen LogP contribution >= 0.6 is 0 Å². The molecule has 6 nitrogen and oxygen atoms in total. The number of nitrogens with zero attached hydrogens (tertiary/aromatic N) is 2. The van der Waals surface area contributed by atoms with Gasteiger partial charge in [0.1, 0.15) is 11.5 Å². The molecule has 0 aliphatic carbocycles. The molecule has 2 rings (SSSR count). The number of carbonyl (C=O) groups is 2. The third-order valence-electron chi connectivity index (χ3n) is 3.63. The van der Waals surface area contributed by atoms with Gasteiger partial charge in [-0.25, -0.2) is 4.79 Å². The van der Waals surface area contributed by atoms with Crippen molar-refractivity contribution in [3.05, 3.63) is 23.7 Å². The van der Waals surface area contributed by atoms with Crippen LogP contribution in [-0.4, -0.2) is 47.0 Å². The van der Waals surface area contributed by atoms with E-state index < -0.39 is 5.97 Å². The first kappa shape index (κ1) is 14.4. The Balaban J connectivity index is 1.86. The van der Waals surface area contributed by atoms with E-state index in [4.69, 9.17) is 9.52 Å². The number of carbonyl (C=O) groups excluding carboxylic acids is 1. The highest BCUT2D eigenvalue weighted by Gasteiger charge is 2.28. The van der Waals surface area contributed by atoms with Crippen molar-refractivity contribution in [1.29, 1.82) is 0 Å². The lowest BCUT2D eigenvalue weighted by atomic mass is 9.97. The molecule has 1 N–H and O–H groups in total. The fourth-order valence-corrected chi connectivity index (χ4v) is 2.43. The number of piperidine rings is 1. The second kappa shape index (κ2) is 5.98. The average Bonchev–Trinajstić information content (AvgIpc) is 2.83. The lowest BCUT2D eigenvalue weighted by Crippen LogP contribution is -2.45. The van der Waals surface area contributed by atoms with Crippen molar-refractivity contribution in [1.82, 2.24) is 9.80 Å². The van der Waals surface area contributed by atoms with Gasteiger partial charge in [-0.3, -0.25) is 4.79 Å². The van der Waals surface area contributed by atoms with Crippen LogP contribution in [0.1, 0.15) is 24.4 Å². The van der Waals surface area contributed by atoms with E-state index in [0.717, 1.165) is 11.5 Å². The minimum absolute atomic E-state index is 0.0807. The Bertz CT molecular complexity index is 489. The SMILES string of the molecule is Cc1ccc(CN(C)C(=O)N2CCC(C(=O)O)CC2)o1. The standard InChI is InChI=1S/C14H20N2O4/c1-10-3-4-12(20-10)9-15(2)14(19)16-7-5-11(6-8-16)13(17)18/h3-4,11H,5-9H2,1-2H3,(H,17,18). The van der Waals surface area contributed by atoms with E-state index in [-0.39, 0.29) is 11.9 Å². The second-order valence-corrected chi connectivity index (χ2v) is 5.25. The van der Waals surface area contributed by atoms with Crippen molar-refractivity contribution in [2.24, 2.45) is 5.92 Å². The maximum absolute atomic E-state index is 12.2. The van der Waals surface area contributed by atoms with E-state index in [9.17, 15) is 9.59 Å². The molecular weight excluding hydrogens is 260 g/mol. The molecule has 1 aromatic heterocycles. The van der Waals surface area contributed by atoms with Crippen LogP contribution in [-0.2, 0) is 11.3 Å². The van der Waals surface area contributed by atoms with Gasteiger partial charge in [-0.2, -0.15) is 0 Å². The molecule has 110 valence electrons. The molecule has 0 saturated carbocycles. The first-order valence-electron chi connectivity index (χ1n) is 6.75. The Hall–Kier alpha value is -1.98. The summed E-state index contributed by atoms with van der Waals surface area (Å²) in [5.74, 6) is 0.482. The van der Waals surface area contributed by atoms with Crippen molar-refractivity contribution in [2.45, 2.75) is 26.3 Å². The number of carboxylic acids is 1. The van der Waals surface area contributed by atoms with Crippen LogP contribution in [0.2, 0.25) is 0 Å². The van der Waals surface area contributed by atoms with Gasteiger partial charge in [-0.15, -0.1) is 0 Å². The molecule has 0 aromatic carbocycles. The molecule has 1 saturated heterocycles. The Morgan fingerprint density at radius 1 is 1.40 bits per heavy atom. The number of carboxylic acid groups (broad SMARTS) is 1. The first-order chi connectivity index (χ1) is 9.47. The lowest BCUT2D eigenvalue weighted by molar-refractivity contribution is -0.143. The molecular formula is C14H20N2O4. The van der Waals surface area contributed by atoms with Crippen LogP contribution < -0.4 is 0 Å². The van der Waals surface area contributed by atoms with Crippen molar-refractivity contribution < 1.29 is 19.1 Å². The van der Waals surface area contributed by atoms with Crippen LogP contribution in [0.3, 0.4) is 0 Å². The lowest BCUT2D eigenvalue weighted by Gasteiger charge is -2.33. The summed E-state index contributed by atoms with van der Waals surface area (Å²) >= 11 is 0. The minimum Gasteiger partial charge on any atom is -0.481 e. The van der Waals surface area contributed by atoms with Crippen molar-refractivity contribution in [2.75, 3.05) is 20.1 Å². The maximum atomic E-state index is 12.2. The third kappa shape index (κ3) is 3.31. The normalized spacial score (nSPS) is 16.2. The summed E-state index contributed by atoms with van der Waals surface area (Å²) in [6.45, 7) is 3.28. The molecule has 0 radical (unpaired) electrons. The van der Waals surface area contributed by atoms with E-state index in [1.807, 2.05) is 19.1 Å². The summed E-state index contributed by atoms with van der Waals surface area (Å²) in [4.78, 5) is 26.4. The average molecular weight is 280 g/mol. The van der Waals surface area contributed by atoms with Gasteiger partial charge >= 0.3 is 12.0 Å². The van der Waals surface area contributed by atoms with Gasteiger partial charge in [0.2, 0.25) is 0 Å². The summed E-state index contributed by atoms with van der Waals surface area (Å²) in [7, 11) is 1.73. The number of amides is 2. The van der Waals surface area contributed by atoms with Gasteiger partial charge < -0.3 is 19.3 Å². The smallest absolute Gasteiger partial charge is 0.320 e. The monoisotopic (exact) mass is 280 g/mol. The number of likely N-dealkylation sites (tertiary alicyclic amines) is 1. The number of urea groups is 1. The highest BCUT2D eigenvalue weighted by molar-refractivity contribution is 5.75. The van der Waals surface area contributed by atoms with Crippen LogP contribution in [0.25, 0.3) is 0 Å². The van der Waals surface area contributed by atoms with E-state index >= 15 is 0 Å². The number of hydrogen-bond donors (Lipinski definition) is 1. The molecule has 0 atom stereocenters. The summed E-state index contributed by atoms with van der Waals surface area (Å²) in [5, 5.41) is 8.94. The summed E-state index contributed by atoms with van der Waals surface area (Å²) in [6.07, 6.45) is 1.05. The Morgan fingerprint density at radius 2 is 2.05 bits per heavy atom. The zero-order valence-electron chi connectivity index (χ0n) is 11.8. The van der Waals surface area contributed by atoms with Gasteiger partial charge in [0.05, 0.1) is 12.5 Å². The van der Waals surface area contributed by atoms with Crippen LogP contribution in [0, 0.1) is 12.8 Å². The molecule has 1 aliphatic rings. The van der Waals surface area contributed by atoms with Gasteiger partial charge in [0.25, 0.3) is 0 Å². The van der Waals surface area contributed by atoms with Gasteiger partial charge in [0.15, 0.2) is 0 Å². The molecule has 0 spiro atoms. The van der Waals surface area contributed by atoms with E-state index in [0.29, 0.717) is 32.5 Å². The van der Waals surface area contributed by atoms with Crippen LogP contribution in [0.15, 0.2) is 16.5 Å². The quantitative estimate of drug-likeness (QED) is 0.918. The van der Waals surface area contributed by atoms with Crippen LogP contribution in [0.4, 0.5) is 4.79 Å². The zero-order chi connectivity index (χ0) is 14.7. The molecule has 1 fully saturated rings. The highest BCUT2D eigenvalue weighted by Crippen LogP contribution is 2.19. The molecule has 6 heteroatoms. The van der Waals surface area contributed by atoms with Crippen molar-refractivity contribution in [3.8, 4) is 0 Å². The second-order valence-electron chi connectivity index (χ2n) is 5.25. The topological polar surface area (TPSA) is 74.0 Å². The fourth-order valence-electron chi connectivity index (χ4n) is 2.43. The number of furan rings is 1. The molecule has 20 heavy (non-hydrogen) atoms. The van der Waals surface area contributed by atoms with Crippen molar-refractivity contribution in [3.63, 3.8) is 0 Å². The largest absolute Gasteiger partial charge is 0.481 e. The first-order valence-corrected chi connectivity index (χ1v) is 6.75.